The second-order valence-corrected chi connectivity index (χ2v) is 9.04. The van der Waals surface area contributed by atoms with Gasteiger partial charge < -0.3 is 4.57 Å². The Kier molecular flexibility index (Phi) is 8.25. The first kappa shape index (κ1) is 23.8. The number of aromatic nitrogens is 3. The van der Waals surface area contributed by atoms with Crippen LogP contribution in [0.1, 0.15) is 37.8 Å². The van der Waals surface area contributed by atoms with Crippen LogP contribution in [0.3, 0.4) is 0 Å². The highest BCUT2D eigenvalue weighted by Crippen LogP contribution is 2.23. The Morgan fingerprint density at radius 2 is 1.84 bits per heavy atom. The number of halogens is 1. The monoisotopic (exact) mass is 467 g/mol. The number of amides is 1. The van der Waals surface area contributed by atoms with Gasteiger partial charge in [0, 0.05) is 17.6 Å². The first-order valence-corrected chi connectivity index (χ1v) is 11.6. The molecular formula is C24H26ClN5OS. The van der Waals surface area contributed by atoms with E-state index >= 15 is 0 Å². The number of benzene rings is 2. The average molecular weight is 468 g/mol. The Morgan fingerprint density at radius 3 is 2.50 bits per heavy atom. The van der Waals surface area contributed by atoms with Crippen molar-refractivity contribution in [3.8, 4) is 11.4 Å². The molecule has 0 aliphatic carbocycles. The van der Waals surface area contributed by atoms with Gasteiger partial charge in [-0.15, -0.1) is 10.2 Å². The molecule has 0 aliphatic rings. The number of nitrogens with one attached hydrogen (secondary N) is 1. The first-order chi connectivity index (χ1) is 15.3. The van der Waals surface area contributed by atoms with Gasteiger partial charge >= 0.3 is 0 Å². The summed E-state index contributed by atoms with van der Waals surface area (Å²) < 4.78 is 1.85. The summed E-state index contributed by atoms with van der Waals surface area (Å²) in [5.41, 5.74) is 6.81. The second kappa shape index (κ2) is 11.1. The van der Waals surface area contributed by atoms with Crippen LogP contribution in [0.15, 0.2) is 64.4 Å². The third-order valence-electron chi connectivity index (χ3n) is 4.72. The lowest BCUT2D eigenvalue weighted by molar-refractivity contribution is -0.118. The van der Waals surface area contributed by atoms with Crippen molar-refractivity contribution in [2.24, 2.45) is 12.1 Å². The molecule has 3 rings (SSSR count). The van der Waals surface area contributed by atoms with Gasteiger partial charge in [-0.05, 0) is 53.8 Å². The van der Waals surface area contributed by atoms with Gasteiger partial charge in [0.2, 0.25) is 0 Å². The Balaban J connectivity index is 1.51. The van der Waals surface area contributed by atoms with Crippen LogP contribution in [0.5, 0.6) is 0 Å². The number of allylic oxidation sites excluding steroid dienone is 1. The third kappa shape index (κ3) is 6.55. The van der Waals surface area contributed by atoms with Gasteiger partial charge in [-0.25, -0.2) is 5.43 Å². The number of thioether (sulfide) groups is 1. The van der Waals surface area contributed by atoms with E-state index in [1.807, 2.05) is 36.7 Å². The smallest absolute Gasteiger partial charge is 0.250 e. The molecule has 2 aromatic carbocycles. The van der Waals surface area contributed by atoms with Crippen LogP contribution in [0, 0.1) is 0 Å². The van der Waals surface area contributed by atoms with Gasteiger partial charge in [0.05, 0.1) is 12.0 Å². The van der Waals surface area contributed by atoms with Crippen LogP contribution in [-0.2, 0) is 11.8 Å². The molecule has 0 fully saturated rings. The maximum Gasteiger partial charge on any atom is 0.250 e. The number of carbonyl (C=O) groups excluding carboxylic acids is 1. The summed E-state index contributed by atoms with van der Waals surface area (Å²) >= 11 is 7.24. The zero-order valence-corrected chi connectivity index (χ0v) is 20.1. The van der Waals surface area contributed by atoms with Crippen molar-refractivity contribution in [1.29, 1.82) is 0 Å². The predicted octanol–water partition coefficient (Wildman–Crippen LogP) is 5.56. The summed E-state index contributed by atoms with van der Waals surface area (Å²) in [6.07, 6.45) is 3.66. The number of hydrogen-bond acceptors (Lipinski definition) is 5. The van der Waals surface area contributed by atoms with Crippen molar-refractivity contribution in [2.75, 3.05) is 5.75 Å². The molecule has 0 radical (unpaired) electrons. The minimum Gasteiger partial charge on any atom is -0.305 e. The van der Waals surface area contributed by atoms with Crippen molar-refractivity contribution < 1.29 is 4.79 Å². The van der Waals surface area contributed by atoms with Crippen molar-refractivity contribution in [3.05, 3.63) is 70.3 Å². The molecular weight excluding hydrogens is 442 g/mol. The summed E-state index contributed by atoms with van der Waals surface area (Å²) in [4.78, 5) is 12.1. The van der Waals surface area contributed by atoms with Gasteiger partial charge in [-0.2, -0.15) is 5.10 Å². The second-order valence-electron chi connectivity index (χ2n) is 7.66. The van der Waals surface area contributed by atoms with E-state index in [1.165, 1.54) is 17.3 Å². The summed E-state index contributed by atoms with van der Waals surface area (Å²) in [7, 11) is 1.87. The lowest BCUT2D eigenvalue weighted by atomic mass is 10.0. The molecule has 0 atom stereocenters. The quantitative estimate of drug-likeness (QED) is 0.267. The zero-order chi connectivity index (χ0) is 23.1. The highest BCUT2D eigenvalue weighted by atomic mass is 35.5. The molecule has 0 unspecified atom stereocenters. The van der Waals surface area contributed by atoms with E-state index in [2.05, 4.69) is 58.8 Å². The van der Waals surface area contributed by atoms with Crippen molar-refractivity contribution in [1.82, 2.24) is 20.2 Å². The Labute approximate surface area is 197 Å². The summed E-state index contributed by atoms with van der Waals surface area (Å²) in [6.45, 7) is 6.29. The predicted molar refractivity (Wildman–Crippen MR) is 133 cm³/mol. The molecule has 0 saturated heterocycles. The molecule has 8 heteroatoms. The maximum absolute atomic E-state index is 12.1. The molecule has 1 N–H and O–H groups in total. The lowest BCUT2D eigenvalue weighted by Gasteiger charge is -2.05. The van der Waals surface area contributed by atoms with Gasteiger partial charge in [-0.3, -0.25) is 4.79 Å². The van der Waals surface area contributed by atoms with E-state index in [0.717, 1.165) is 16.7 Å². The molecule has 166 valence electrons. The average Bonchev–Trinajstić information content (AvgIpc) is 3.13. The number of hydrazone groups is 1. The minimum absolute atomic E-state index is 0.184. The Bertz CT molecular complexity index is 1120. The van der Waals surface area contributed by atoms with E-state index < -0.39 is 0 Å². The topological polar surface area (TPSA) is 72.2 Å². The summed E-state index contributed by atoms with van der Waals surface area (Å²) in [5.74, 6) is 1.19. The highest BCUT2D eigenvalue weighted by Gasteiger charge is 2.12. The summed E-state index contributed by atoms with van der Waals surface area (Å²) in [6, 6.07) is 15.8. The van der Waals surface area contributed by atoms with E-state index in [4.69, 9.17) is 11.6 Å². The standard InChI is InChI=1S/C24H26ClN5OS/c1-16(2)19-7-5-18(6-8-19)13-17(3)14-26-27-22(31)15-32-24-29-28-23(30(24)4)20-9-11-21(25)12-10-20/h5-14,16H,15H2,1-4H3,(H,27,31). The fourth-order valence-corrected chi connectivity index (χ4v) is 3.77. The van der Waals surface area contributed by atoms with Crippen LogP contribution in [0.2, 0.25) is 5.02 Å². The van der Waals surface area contributed by atoms with Crippen LogP contribution >= 0.6 is 23.4 Å². The fourth-order valence-electron chi connectivity index (χ4n) is 2.94. The molecule has 0 saturated carbocycles. The van der Waals surface area contributed by atoms with Crippen LogP contribution < -0.4 is 5.43 Å². The van der Waals surface area contributed by atoms with Gasteiger partial charge in [-0.1, -0.05) is 67.6 Å². The molecule has 0 aliphatic heterocycles. The SMILES string of the molecule is CC(C=NNC(=O)CSc1nnc(-c2ccc(Cl)cc2)n1C)=Cc1ccc(C(C)C)cc1. The fraction of sp³-hybridized carbons (Fsp3) is 0.250. The minimum atomic E-state index is -0.212. The van der Waals surface area contributed by atoms with Crippen molar-refractivity contribution >= 4 is 41.6 Å². The maximum atomic E-state index is 12.1. The van der Waals surface area contributed by atoms with E-state index in [0.29, 0.717) is 21.9 Å². The molecule has 1 heterocycles. The van der Waals surface area contributed by atoms with Gasteiger partial charge in [0.1, 0.15) is 0 Å². The number of rotatable bonds is 8. The van der Waals surface area contributed by atoms with Crippen molar-refractivity contribution in [2.45, 2.75) is 31.8 Å². The number of nitrogens with zero attached hydrogens (tertiary/aromatic N) is 4. The van der Waals surface area contributed by atoms with Crippen LogP contribution in [0.25, 0.3) is 17.5 Å². The number of carbonyl (C=O) groups is 1. The summed E-state index contributed by atoms with van der Waals surface area (Å²) in [5, 5.41) is 13.7. The highest BCUT2D eigenvalue weighted by molar-refractivity contribution is 7.99. The molecule has 1 aromatic heterocycles. The number of hydrogen-bond donors (Lipinski definition) is 1. The largest absolute Gasteiger partial charge is 0.305 e. The third-order valence-corrected chi connectivity index (χ3v) is 6.00. The normalized spacial score (nSPS) is 12.0. The molecule has 6 nitrogen and oxygen atoms in total. The molecule has 32 heavy (non-hydrogen) atoms. The molecule has 1 amide bonds. The lowest BCUT2D eigenvalue weighted by Crippen LogP contribution is -2.19. The van der Waals surface area contributed by atoms with E-state index in [1.54, 1.807) is 18.3 Å². The molecule has 0 bridgehead atoms. The molecule has 3 aromatic rings. The van der Waals surface area contributed by atoms with Crippen molar-refractivity contribution in [3.63, 3.8) is 0 Å². The molecule has 0 spiro atoms. The van der Waals surface area contributed by atoms with E-state index in [9.17, 15) is 4.79 Å². The van der Waals surface area contributed by atoms with Gasteiger partial charge in [0.25, 0.3) is 5.91 Å². The Hall–Kier alpha value is -2.90. The van der Waals surface area contributed by atoms with E-state index in [-0.39, 0.29) is 11.7 Å². The zero-order valence-electron chi connectivity index (χ0n) is 18.5. The van der Waals surface area contributed by atoms with Gasteiger partial charge in [0.15, 0.2) is 11.0 Å². The van der Waals surface area contributed by atoms with Crippen LogP contribution in [0.4, 0.5) is 0 Å². The van der Waals surface area contributed by atoms with Crippen LogP contribution in [-0.4, -0.2) is 32.6 Å². The Morgan fingerprint density at radius 1 is 1.16 bits per heavy atom. The first-order valence-electron chi connectivity index (χ1n) is 10.2.